The summed E-state index contributed by atoms with van der Waals surface area (Å²) < 4.78 is 5.28. The first kappa shape index (κ1) is 13.4. The van der Waals surface area contributed by atoms with E-state index in [9.17, 15) is 0 Å². The number of nitrogens with one attached hydrogen (secondary N) is 1. The van der Waals surface area contributed by atoms with E-state index in [0.29, 0.717) is 6.04 Å². The van der Waals surface area contributed by atoms with Gasteiger partial charge in [-0.15, -0.1) is 0 Å². The summed E-state index contributed by atoms with van der Waals surface area (Å²) in [6, 6.07) is 7.04. The Bertz CT molecular complexity index is 392. The lowest BCUT2D eigenvalue weighted by molar-refractivity contribution is 0.226. The second kappa shape index (κ2) is 6.21. The summed E-state index contributed by atoms with van der Waals surface area (Å²) in [5, 5.41) is 3.65. The van der Waals surface area contributed by atoms with E-state index < -0.39 is 0 Å². The summed E-state index contributed by atoms with van der Waals surface area (Å²) in [4.78, 5) is 2.40. The number of piperidine rings is 1. The van der Waals surface area contributed by atoms with Crippen molar-refractivity contribution < 1.29 is 4.74 Å². The monoisotopic (exact) mass is 248 g/mol. The van der Waals surface area contributed by atoms with E-state index in [1.54, 1.807) is 7.11 Å². The number of benzene rings is 1. The molecule has 0 aromatic heterocycles. The molecule has 0 radical (unpaired) electrons. The largest absolute Gasteiger partial charge is 0.496 e. The summed E-state index contributed by atoms with van der Waals surface area (Å²) in [6.45, 7) is 5.44. The first-order valence-corrected chi connectivity index (χ1v) is 6.74. The molecule has 1 saturated heterocycles. The highest BCUT2D eigenvalue weighted by atomic mass is 16.5. The van der Waals surface area contributed by atoms with Crippen molar-refractivity contribution in [2.45, 2.75) is 32.4 Å². The molecule has 1 N–H and O–H groups in total. The van der Waals surface area contributed by atoms with Gasteiger partial charge in [0.15, 0.2) is 0 Å². The number of hydrogen-bond acceptors (Lipinski definition) is 3. The van der Waals surface area contributed by atoms with Crippen LogP contribution in [0.1, 0.15) is 24.0 Å². The average Bonchev–Trinajstić information content (AvgIpc) is 2.37. The lowest BCUT2D eigenvalue weighted by Gasteiger charge is -2.30. The van der Waals surface area contributed by atoms with E-state index in [-0.39, 0.29) is 0 Å². The normalized spacial score (nSPS) is 20.9. The highest BCUT2D eigenvalue weighted by Crippen LogP contribution is 2.18. The summed E-state index contributed by atoms with van der Waals surface area (Å²) in [6.07, 6.45) is 2.59. The molecule has 0 spiro atoms. The Hall–Kier alpha value is -1.06. The lowest BCUT2D eigenvalue weighted by atomic mass is 10.1. The molecule has 1 fully saturated rings. The Kier molecular flexibility index (Phi) is 4.61. The predicted molar refractivity (Wildman–Crippen MR) is 75.1 cm³/mol. The van der Waals surface area contributed by atoms with Gasteiger partial charge in [0.05, 0.1) is 7.11 Å². The molecule has 1 atom stereocenters. The van der Waals surface area contributed by atoms with Crippen LogP contribution in [0.25, 0.3) is 0 Å². The van der Waals surface area contributed by atoms with Crippen molar-refractivity contribution >= 4 is 0 Å². The molecule has 2 rings (SSSR count). The Balaban J connectivity index is 1.88. The minimum atomic E-state index is 0.631. The third-order valence-electron chi connectivity index (χ3n) is 3.68. The van der Waals surface area contributed by atoms with Crippen LogP contribution in [0.4, 0.5) is 0 Å². The number of likely N-dealkylation sites (N-methyl/N-ethyl adjacent to an activating group) is 1. The molecule has 1 aliphatic heterocycles. The van der Waals surface area contributed by atoms with Crippen LogP contribution in [0.3, 0.4) is 0 Å². The molecule has 100 valence electrons. The van der Waals surface area contributed by atoms with Gasteiger partial charge < -0.3 is 15.0 Å². The fourth-order valence-electron chi connectivity index (χ4n) is 2.65. The van der Waals surface area contributed by atoms with Gasteiger partial charge >= 0.3 is 0 Å². The van der Waals surface area contributed by atoms with E-state index >= 15 is 0 Å². The van der Waals surface area contributed by atoms with Gasteiger partial charge in [-0.05, 0) is 50.6 Å². The zero-order valence-electron chi connectivity index (χ0n) is 11.7. The Morgan fingerprint density at radius 1 is 1.44 bits per heavy atom. The first-order valence-electron chi connectivity index (χ1n) is 6.74. The van der Waals surface area contributed by atoms with E-state index in [4.69, 9.17) is 4.74 Å². The molecule has 1 aromatic rings. The van der Waals surface area contributed by atoms with Gasteiger partial charge in [-0.2, -0.15) is 0 Å². The topological polar surface area (TPSA) is 24.5 Å². The van der Waals surface area contributed by atoms with Crippen LogP contribution in [0, 0.1) is 6.92 Å². The molecule has 0 aliphatic carbocycles. The maximum Gasteiger partial charge on any atom is 0.121 e. The van der Waals surface area contributed by atoms with Gasteiger partial charge in [-0.1, -0.05) is 12.1 Å². The summed E-state index contributed by atoms with van der Waals surface area (Å²) >= 11 is 0. The van der Waals surface area contributed by atoms with Crippen LogP contribution in [0.2, 0.25) is 0 Å². The minimum absolute atomic E-state index is 0.631. The fraction of sp³-hybridized carbons (Fsp3) is 0.600. The van der Waals surface area contributed by atoms with Crippen molar-refractivity contribution in [2.75, 3.05) is 27.2 Å². The molecule has 1 aliphatic rings. The van der Waals surface area contributed by atoms with Gasteiger partial charge in [0.25, 0.3) is 0 Å². The van der Waals surface area contributed by atoms with E-state index in [2.05, 4.69) is 42.4 Å². The molecular formula is C15H24N2O. The van der Waals surface area contributed by atoms with Crippen LogP contribution in [-0.2, 0) is 6.54 Å². The second-order valence-electron chi connectivity index (χ2n) is 5.29. The quantitative estimate of drug-likeness (QED) is 0.884. The van der Waals surface area contributed by atoms with E-state index in [1.165, 1.54) is 30.5 Å². The summed E-state index contributed by atoms with van der Waals surface area (Å²) in [5.74, 6) is 0.969. The van der Waals surface area contributed by atoms with Crippen LogP contribution in [0.15, 0.2) is 18.2 Å². The van der Waals surface area contributed by atoms with Crippen LogP contribution in [-0.4, -0.2) is 38.2 Å². The van der Waals surface area contributed by atoms with Crippen molar-refractivity contribution in [3.8, 4) is 5.75 Å². The fourth-order valence-corrected chi connectivity index (χ4v) is 2.65. The first-order chi connectivity index (χ1) is 8.69. The van der Waals surface area contributed by atoms with Gasteiger partial charge in [0.2, 0.25) is 0 Å². The molecule has 0 amide bonds. The summed E-state index contributed by atoms with van der Waals surface area (Å²) in [5.41, 5.74) is 2.54. The van der Waals surface area contributed by atoms with E-state index in [0.717, 1.165) is 18.8 Å². The Morgan fingerprint density at radius 3 is 2.94 bits per heavy atom. The van der Waals surface area contributed by atoms with Crippen molar-refractivity contribution in [2.24, 2.45) is 0 Å². The summed E-state index contributed by atoms with van der Waals surface area (Å²) in [7, 11) is 3.92. The number of likely N-dealkylation sites (tertiary alicyclic amines) is 1. The molecule has 1 unspecified atom stereocenters. The van der Waals surface area contributed by atoms with Gasteiger partial charge in [-0.25, -0.2) is 0 Å². The van der Waals surface area contributed by atoms with Gasteiger partial charge in [0.1, 0.15) is 5.75 Å². The van der Waals surface area contributed by atoms with Crippen molar-refractivity contribution in [1.82, 2.24) is 10.2 Å². The number of rotatable bonds is 4. The number of methoxy groups -OCH3 is 1. The van der Waals surface area contributed by atoms with Crippen LogP contribution in [0.5, 0.6) is 5.75 Å². The third-order valence-corrected chi connectivity index (χ3v) is 3.68. The lowest BCUT2D eigenvalue weighted by Crippen LogP contribution is -2.43. The van der Waals surface area contributed by atoms with Gasteiger partial charge in [0, 0.05) is 19.1 Å². The van der Waals surface area contributed by atoms with Crippen molar-refractivity contribution in [3.63, 3.8) is 0 Å². The second-order valence-corrected chi connectivity index (χ2v) is 5.29. The average molecular weight is 248 g/mol. The molecule has 3 nitrogen and oxygen atoms in total. The molecule has 0 bridgehead atoms. The zero-order valence-corrected chi connectivity index (χ0v) is 11.7. The Morgan fingerprint density at radius 2 is 2.28 bits per heavy atom. The third kappa shape index (κ3) is 3.47. The van der Waals surface area contributed by atoms with Crippen LogP contribution < -0.4 is 10.1 Å². The highest BCUT2D eigenvalue weighted by Gasteiger charge is 2.16. The highest BCUT2D eigenvalue weighted by molar-refractivity contribution is 5.36. The van der Waals surface area contributed by atoms with Crippen LogP contribution >= 0.6 is 0 Å². The minimum Gasteiger partial charge on any atom is -0.496 e. The molecule has 0 saturated carbocycles. The maximum atomic E-state index is 5.28. The molecule has 1 heterocycles. The molecule has 3 heteroatoms. The smallest absolute Gasteiger partial charge is 0.121 e. The SMILES string of the molecule is COc1ccc(CNC2CCCN(C)C2)cc1C. The maximum absolute atomic E-state index is 5.28. The van der Waals surface area contributed by atoms with E-state index in [1.807, 2.05) is 0 Å². The number of hydrogen-bond donors (Lipinski definition) is 1. The van der Waals surface area contributed by atoms with Crippen molar-refractivity contribution in [3.05, 3.63) is 29.3 Å². The molecule has 1 aromatic carbocycles. The molecular weight excluding hydrogens is 224 g/mol. The van der Waals surface area contributed by atoms with Gasteiger partial charge in [-0.3, -0.25) is 0 Å². The number of nitrogens with zero attached hydrogens (tertiary/aromatic N) is 1. The number of aryl methyl sites for hydroxylation is 1. The standard InChI is InChI=1S/C15H24N2O/c1-12-9-13(6-7-15(12)18-3)10-16-14-5-4-8-17(2)11-14/h6-7,9,14,16H,4-5,8,10-11H2,1-3H3. The number of ether oxygens (including phenoxy) is 1. The predicted octanol–water partition coefficient (Wildman–Crippen LogP) is 2.19. The molecule has 18 heavy (non-hydrogen) atoms. The zero-order chi connectivity index (χ0) is 13.0. The van der Waals surface area contributed by atoms with Crippen molar-refractivity contribution in [1.29, 1.82) is 0 Å². The Labute approximate surface area is 110 Å².